The summed E-state index contributed by atoms with van der Waals surface area (Å²) in [5.41, 5.74) is 5.76. The molecule has 0 bridgehead atoms. The van der Waals surface area contributed by atoms with E-state index in [2.05, 4.69) is 41.0 Å². The minimum Gasteiger partial charge on any atom is -0.481 e. The Balaban J connectivity index is 1.29. The van der Waals surface area contributed by atoms with Gasteiger partial charge >= 0.3 is 5.97 Å². The number of amides is 1. The number of anilines is 1. The number of hydrogen-bond donors (Lipinski definition) is 3. The first-order chi connectivity index (χ1) is 17.0. The second kappa shape index (κ2) is 13.6. The molecule has 0 aliphatic heterocycles. The molecule has 0 unspecified atom stereocenters. The van der Waals surface area contributed by atoms with Crippen LogP contribution >= 0.6 is 0 Å². The summed E-state index contributed by atoms with van der Waals surface area (Å²) in [7, 11) is 0. The Morgan fingerprint density at radius 2 is 1.40 bits per heavy atom. The third-order valence-corrected chi connectivity index (χ3v) is 5.79. The number of nitrogens with zero attached hydrogens (tertiary/aromatic N) is 1. The number of nitrogens with one attached hydrogen (secondary N) is 2. The van der Waals surface area contributed by atoms with Gasteiger partial charge in [-0.15, -0.1) is 0 Å². The van der Waals surface area contributed by atoms with Gasteiger partial charge in [0.15, 0.2) is 0 Å². The molecule has 3 N–H and O–H groups in total. The Morgan fingerprint density at radius 3 is 2.03 bits per heavy atom. The number of aliphatic carboxylic acids is 1. The van der Waals surface area contributed by atoms with Crippen molar-refractivity contribution >= 4 is 17.6 Å². The number of benzene rings is 3. The van der Waals surface area contributed by atoms with Crippen LogP contribution in [-0.2, 0) is 11.2 Å². The van der Waals surface area contributed by atoms with Crippen molar-refractivity contribution < 1.29 is 14.7 Å². The molecule has 0 radical (unpaired) electrons. The smallest absolute Gasteiger partial charge is 0.305 e. The summed E-state index contributed by atoms with van der Waals surface area (Å²) >= 11 is 0. The van der Waals surface area contributed by atoms with E-state index < -0.39 is 5.97 Å². The lowest BCUT2D eigenvalue weighted by atomic mass is 10.0. The van der Waals surface area contributed by atoms with Crippen molar-refractivity contribution in [3.63, 3.8) is 0 Å². The first-order valence-electron chi connectivity index (χ1n) is 12.0. The second-order valence-electron chi connectivity index (χ2n) is 8.45. The van der Waals surface area contributed by atoms with E-state index in [1.165, 1.54) is 5.56 Å². The van der Waals surface area contributed by atoms with Crippen LogP contribution in [0.25, 0.3) is 11.1 Å². The summed E-state index contributed by atoms with van der Waals surface area (Å²) in [6, 6.07) is 25.6. The Morgan fingerprint density at radius 1 is 0.771 bits per heavy atom. The first-order valence-corrected chi connectivity index (χ1v) is 12.0. The highest BCUT2D eigenvalue weighted by Crippen LogP contribution is 2.22. The molecule has 6 heteroatoms. The molecular weight excluding hydrogens is 438 g/mol. The van der Waals surface area contributed by atoms with Crippen LogP contribution in [0.2, 0.25) is 0 Å². The zero-order chi connectivity index (χ0) is 24.9. The van der Waals surface area contributed by atoms with E-state index in [-0.39, 0.29) is 18.9 Å². The Kier molecular flexibility index (Phi) is 9.89. The number of carbonyl (C=O) groups excluding carboxylic acids is 1. The van der Waals surface area contributed by atoms with E-state index in [0.29, 0.717) is 11.1 Å². The Bertz CT molecular complexity index is 1130. The highest BCUT2D eigenvalue weighted by atomic mass is 16.4. The molecule has 0 heterocycles. The van der Waals surface area contributed by atoms with Gasteiger partial charge in [0.2, 0.25) is 0 Å². The normalized spacial score (nSPS) is 10.4. The molecule has 0 aromatic heterocycles. The Hall–Kier alpha value is -4.11. The van der Waals surface area contributed by atoms with Gasteiger partial charge in [0, 0.05) is 24.3 Å². The third-order valence-electron chi connectivity index (χ3n) is 5.79. The molecule has 0 spiro atoms. The van der Waals surface area contributed by atoms with Gasteiger partial charge in [0.1, 0.15) is 0 Å². The summed E-state index contributed by atoms with van der Waals surface area (Å²) in [6.07, 6.45) is 5.41. The maximum Gasteiger partial charge on any atom is 0.305 e. The monoisotopic (exact) mass is 469 g/mol. The summed E-state index contributed by atoms with van der Waals surface area (Å²) in [4.78, 5) is 22.5. The quantitative estimate of drug-likeness (QED) is 0.281. The standard InChI is InChI=1S/C29H31N3O3/c30-21-23-8-10-24(11-9-23)25-14-16-27(17-15-25)31-19-4-2-1-3-5-22-6-12-26(13-7-22)29(35)32-20-18-28(33)34/h6-17,31H,1-5,18-20H2,(H,32,35)(H,33,34). The van der Waals surface area contributed by atoms with Crippen LogP contribution < -0.4 is 10.6 Å². The van der Waals surface area contributed by atoms with Crippen LogP contribution in [0.4, 0.5) is 5.69 Å². The number of unbranched alkanes of at least 4 members (excludes halogenated alkanes) is 3. The topological polar surface area (TPSA) is 102 Å². The average molecular weight is 470 g/mol. The molecule has 35 heavy (non-hydrogen) atoms. The van der Waals surface area contributed by atoms with Gasteiger partial charge in [-0.3, -0.25) is 9.59 Å². The van der Waals surface area contributed by atoms with Gasteiger partial charge in [-0.2, -0.15) is 5.26 Å². The number of carbonyl (C=O) groups is 2. The minimum absolute atomic E-state index is 0.0779. The average Bonchev–Trinajstić information content (AvgIpc) is 2.88. The van der Waals surface area contributed by atoms with Gasteiger partial charge in [-0.25, -0.2) is 0 Å². The fourth-order valence-corrected chi connectivity index (χ4v) is 3.77. The van der Waals surface area contributed by atoms with E-state index in [4.69, 9.17) is 10.4 Å². The molecule has 3 aromatic carbocycles. The number of carboxylic acids is 1. The summed E-state index contributed by atoms with van der Waals surface area (Å²) in [6.45, 7) is 1.07. The zero-order valence-electron chi connectivity index (χ0n) is 19.8. The van der Waals surface area contributed by atoms with Gasteiger partial charge in [-0.1, -0.05) is 49.2 Å². The number of nitriles is 1. The molecular formula is C29H31N3O3. The van der Waals surface area contributed by atoms with Crippen molar-refractivity contribution in [3.8, 4) is 17.2 Å². The summed E-state index contributed by atoms with van der Waals surface area (Å²) in [5, 5.41) is 23.6. The van der Waals surface area contributed by atoms with E-state index in [1.54, 1.807) is 12.1 Å². The van der Waals surface area contributed by atoms with Gasteiger partial charge < -0.3 is 15.7 Å². The van der Waals surface area contributed by atoms with Crippen molar-refractivity contribution in [2.75, 3.05) is 18.4 Å². The van der Waals surface area contributed by atoms with E-state index >= 15 is 0 Å². The predicted octanol–water partition coefficient (Wildman–Crippen LogP) is 5.64. The number of aryl methyl sites for hydroxylation is 1. The highest BCUT2D eigenvalue weighted by Gasteiger charge is 2.06. The SMILES string of the molecule is N#Cc1ccc(-c2ccc(NCCCCCCc3ccc(C(=O)NCCC(=O)O)cc3)cc2)cc1. The molecule has 0 aliphatic rings. The Labute approximate surface area is 206 Å². The maximum absolute atomic E-state index is 12.0. The molecule has 0 atom stereocenters. The van der Waals surface area contributed by atoms with Crippen LogP contribution in [0.15, 0.2) is 72.8 Å². The van der Waals surface area contributed by atoms with E-state index in [0.717, 1.165) is 55.5 Å². The molecule has 0 saturated heterocycles. The van der Waals surface area contributed by atoms with Gasteiger partial charge in [0.25, 0.3) is 5.91 Å². The van der Waals surface area contributed by atoms with Crippen molar-refractivity contribution in [2.24, 2.45) is 0 Å². The highest BCUT2D eigenvalue weighted by molar-refractivity contribution is 5.94. The first kappa shape index (κ1) is 25.5. The lowest BCUT2D eigenvalue weighted by Gasteiger charge is -2.08. The van der Waals surface area contributed by atoms with E-state index in [9.17, 15) is 9.59 Å². The van der Waals surface area contributed by atoms with Crippen LogP contribution in [-0.4, -0.2) is 30.1 Å². The van der Waals surface area contributed by atoms with Crippen LogP contribution in [0.3, 0.4) is 0 Å². The predicted molar refractivity (Wildman–Crippen MR) is 138 cm³/mol. The second-order valence-corrected chi connectivity index (χ2v) is 8.45. The summed E-state index contributed by atoms with van der Waals surface area (Å²) < 4.78 is 0. The molecule has 3 rings (SSSR count). The van der Waals surface area contributed by atoms with E-state index in [1.807, 2.05) is 36.4 Å². The number of carboxylic acid groups (broad SMARTS) is 1. The summed E-state index contributed by atoms with van der Waals surface area (Å²) in [5.74, 6) is -1.17. The zero-order valence-corrected chi connectivity index (χ0v) is 19.8. The third kappa shape index (κ3) is 8.63. The van der Waals surface area contributed by atoms with Crippen molar-refractivity contribution in [3.05, 3.63) is 89.5 Å². The lowest BCUT2D eigenvalue weighted by molar-refractivity contribution is -0.136. The lowest BCUT2D eigenvalue weighted by Crippen LogP contribution is -2.25. The molecule has 6 nitrogen and oxygen atoms in total. The molecule has 0 fully saturated rings. The maximum atomic E-state index is 12.0. The fourth-order valence-electron chi connectivity index (χ4n) is 3.77. The number of hydrogen-bond acceptors (Lipinski definition) is 4. The van der Waals surface area contributed by atoms with Crippen molar-refractivity contribution in [1.82, 2.24) is 5.32 Å². The van der Waals surface area contributed by atoms with Crippen LogP contribution in [0.1, 0.15) is 53.6 Å². The molecule has 180 valence electrons. The fraction of sp³-hybridized carbons (Fsp3) is 0.276. The number of rotatable bonds is 13. The van der Waals surface area contributed by atoms with Gasteiger partial charge in [0.05, 0.1) is 18.1 Å². The molecule has 0 aliphatic carbocycles. The van der Waals surface area contributed by atoms with Crippen LogP contribution in [0.5, 0.6) is 0 Å². The van der Waals surface area contributed by atoms with Crippen LogP contribution in [0, 0.1) is 11.3 Å². The minimum atomic E-state index is -0.925. The largest absolute Gasteiger partial charge is 0.481 e. The molecule has 1 amide bonds. The van der Waals surface area contributed by atoms with Gasteiger partial charge in [-0.05, 0) is 72.4 Å². The van der Waals surface area contributed by atoms with Crippen molar-refractivity contribution in [1.29, 1.82) is 5.26 Å². The molecule has 3 aromatic rings. The van der Waals surface area contributed by atoms with Crippen molar-refractivity contribution in [2.45, 2.75) is 38.5 Å². The molecule has 0 saturated carbocycles.